The van der Waals surface area contributed by atoms with Gasteiger partial charge in [-0.15, -0.1) is 0 Å². The number of fused-ring (bicyclic) bond motifs is 1. The van der Waals surface area contributed by atoms with Gasteiger partial charge in [0.25, 0.3) is 0 Å². The van der Waals surface area contributed by atoms with Gasteiger partial charge in [0.1, 0.15) is 0 Å². The minimum absolute atomic E-state index is 0.109. The first-order chi connectivity index (χ1) is 8.77. The van der Waals surface area contributed by atoms with Crippen molar-refractivity contribution < 1.29 is 9.47 Å². The predicted octanol–water partition coefficient (Wildman–Crippen LogP) is 3.34. The summed E-state index contributed by atoms with van der Waals surface area (Å²) in [5, 5.41) is 0. The Kier molecular flexibility index (Phi) is 3.24. The fourth-order valence-corrected chi connectivity index (χ4v) is 4.02. The molecular weight excluding hydrogens is 294 g/mol. The van der Waals surface area contributed by atoms with Gasteiger partial charge in [-0.3, -0.25) is 0 Å². The van der Waals surface area contributed by atoms with Crippen LogP contribution in [0.3, 0.4) is 0 Å². The number of halogens is 1. The molecule has 0 radical (unpaired) electrons. The Morgan fingerprint density at radius 1 is 1.17 bits per heavy atom. The van der Waals surface area contributed by atoms with Crippen molar-refractivity contribution in [2.24, 2.45) is 5.73 Å². The highest BCUT2D eigenvalue weighted by Gasteiger charge is 2.36. The third-order valence-electron chi connectivity index (χ3n) is 4.25. The highest BCUT2D eigenvalue weighted by Crippen LogP contribution is 2.48. The van der Waals surface area contributed by atoms with Crippen molar-refractivity contribution in [1.82, 2.24) is 0 Å². The summed E-state index contributed by atoms with van der Waals surface area (Å²) in [5.74, 6) is 1.67. The lowest BCUT2D eigenvalue weighted by Gasteiger charge is -2.37. The topological polar surface area (TPSA) is 44.5 Å². The molecule has 1 aliphatic carbocycles. The van der Waals surface area contributed by atoms with E-state index in [0.717, 1.165) is 16.0 Å². The summed E-state index contributed by atoms with van der Waals surface area (Å²) in [5.41, 5.74) is 7.49. The molecule has 0 saturated heterocycles. The predicted molar refractivity (Wildman–Crippen MR) is 74.1 cm³/mol. The van der Waals surface area contributed by atoms with E-state index in [9.17, 15) is 0 Å². The van der Waals surface area contributed by atoms with Crippen LogP contribution in [0.1, 0.15) is 37.7 Å². The Bertz CT molecular complexity index is 455. The molecule has 0 atom stereocenters. The third-order valence-corrected chi connectivity index (χ3v) is 5.04. The Hall–Kier alpha value is -0.740. The fourth-order valence-electron chi connectivity index (χ4n) is 3.16. The van der Waals surface area contributed by atoms with Crippen molar-refractivity contribution in [2.45, 2.75) is 37.5 Å². The normalized spacial score (nSPS) is 21.0. The molecular formula is C14H18BrNO2. The highest BCUT2D eigenvalue weighted by molar-refractivity contribution is 9.10. The van der Waals surface area contributed by atoms with Gasteiger partial charge in [0.15, 0.2) is 11.5 Å². The average molecular weight is 312 g/mol. The smallest absolute Gasteiger partial charge is 0.231 e. The van der Waals surface area contributed by atoms with Crippen LogP contribution in [0.5, 0.6) is 11.5 Å². The lowest BCUT2D eigenvalue weighted by atomic mass is 9.69. The zero-order valence-corrected chi connectivity index (χ0v) is 12.0. The van der Waals surface area contributed by atoms with Crippen LogP contribution in [0.2, 0.25) is 0 Å². The first-order valence-corrected chi connectivity index (χ1v) is 7.35. The van der Waals surface area contributed by atoms with Gasteiger partial charge in [-0.25, -0.2) is 0 Å². The van der Waals surface area contributed by atoms with Crippen LogP contribution in [-0.4, -0.2) is 13.3 Å². The minimum Gasteiger partial charge on any atom is -0.454 e. The fraction of sp³-hybridized carbons (Fsp3) is 0.571. The molecule has 2 aliphatic rings. The van der Waals surface area contributed by atoms with E-state index in [0.29, 0.717) is 13.3 Å². The second-order valence-electron chi connectivity index (χ2n) is 5.21. The van der Waals surface area contributed by atoms with Crippen molar-refractivity contribution in [3.05, 3.63) is 22.2 Å². The maximum atomic E-state index is 6.09. The van der Waals surface area contributed by atoms with Crippen molar-refractivity contribution in [2.75, 3.05) is 13.3 Å². The molecule has 0 bridgehead atoms. The largest absolute Gasteiger partial charge is 0.454 e. The van der Waals surface area contributed by atoms with E-state index in [-0.39, 0.29) is 5.41 Å². The summed E-state index contributed by atoms with van der Waals surface area (Å²) in [7, 11) is 0. The Morgan fingerprint density at radius 3 is 2.67 bits per heavy atom. The number of ether oxygens (including phenoxy) is 2. The molecule has 4 heteroatoms. The maximum Gasteiger partial charge on any atom is 0.231 e. The molecule has 0 amide bonds. The van der Waals surface area contributed by atoms with Crippen LogP contribution in [0.25, 0.3) is 0 Å². The van der Waals surface area contributed by atoms with E-state index >= 15 is 0 Å². The Morgan fingerprint density at radius 2 is 1.94 bits per heavy atom. The molecule has 1 aliphatic heterocycles. The van der Waals surface area contributed by atoms with Gasteiger partial charge in [0.05, 0.1) is 4.47 Å². The van der Waals surface area contributed by atoms with Crippen molar-refractivity contribution in [3.63, 3.8) is 0 Å². The molecule has 98 valence electrons. The Balaban J connectivity index is 2.05. The highest BCUT2D eigenvalue weighted by atomic mass is 79.9. The number of nitrogens with two attached hydrogens (primary N) is 1. The molecule has 18 heavy (non-hydrogen) atoms. The maximum absolute atomic E-state index is 6.09. The minimum atomic E-state index is 0.109. The average Bonchev–Trinajstić information content (AvgIpc) is 2.89. The zero-order valence-electron chi connectivity index (χ0n) is 10.4. The van der Waals surface area contributed by atoms with Gasteiger partial charge in [-0.1, -0.05) is 25.3 Å². The molecule has 2 N–H and O–H groups in total. The summed E-state index contributed by atoms with van der Waals surface area (Å²) in [6.07, 6.45) is 6.18. The summed E-state index contributed by atoms with van der Waals surface area (Å²) in [6.45, 7) is 1.01. The quantitative estimate of drug-likeness (QED) is 0.911. The van der Waals surface area contributed by atoms with Gasteiger partial charge < -0.3 is 15.2 Å². The van der Waals surface area contributed by atoms with Gasteiger partial charge in [0.2, 0.25) is 6.79 Å². The van der Waals surface area contributed by atoms with Gasteiger partial charge >= 0.3 is 0 Å². The molecule has 1 aromatic carbocycles. The first-order valence-electron chi connectivity index (χ1n) is 6.55. The van der Waals surface area contributed by atoms with Crippen LogP contribution in [-0.2, 0) is 5.41 Å². The molecule has 1 heterocycles. The molecule has 3 nitrogen and oxygen atoms in total. The lowest BCUT2D eigenvalue weighted by Crippen LogP contribution is -2.37. The van der Waals surface area contributed by atoms with Gasteiger partial charge in [-0.05, 0) is 40.4 Å². The zero-order chi connectivity index (χ0) is 12.6. The summed E-state index contributed by atoms with van der Waals surface area (Å²) in [4.78, 5) is 0. The van der Waals surface area contributed by atoms with E-state index in [1.165, 1.54) is 37.7 Å². The number of hydrogen-bond donors (Lipinski definition) is 1. The number of benzene rings is 1. The first kappa shape index (κ1) is 12.3. The monoisotopic (exact) mass is 311 g/mol. The van der Waals surface area contributed by atoms with Crippen LogP contribution < -0.4 is 15.2 Å². The molecule has 3 rings (SSSR count). The molecule has 1 saturated carbocycles. The van der Waals surface area contributed by atoms with Crippen molar-refractivity contribution in [3.8, 4) is 11.5 Å². The molecule has 1 fully saturated rings. The molecule has 0 unspecified atom stereocenters. The van der Waals surface area contributed by atoms with Crippen molar-refractivity contribution in [1.29, 1.82) is 0 Å². The summed E-state index contributed by atoms with van der Waals surface area (Å²) < 4.78 is 12.0. The molecule has 0 spiro atoms. The molecule has 0 aromatic heterocycles. The van der Waals surface area contributed by atoms with Crippen LogP contribution in [0.15, 0.2) is 16.6 Å². The van der Waals surface area contributed by atoms with E-state index in [4.69, 9.17) is 15.2 Å². The molecule has 1 aromatic rings. The van der Waals surface area contributed by atoms with Crippen LogP contribution in [0, 0.1) is 0 Å². The SMILES string of the molecule is NCC1(c2ccc3c(c2Br)OCO3)CCCCC1. The van der Waals surface area contributed by atoms with Gasteiger partial charge in [0, 0.05) is 12.0 Å². The number of hydrogen-bond acceptors (Lipinski definition) is 3. The van der Waals surface area contributed by atoms with Crippen LogP contribution >= 0.6 is 15.9 Å². The second-order valence-corrected chi connectivity index (χ2v) is 6.00. The van der Waals surface area contributed by atoms with E-state index in [1.807, 2.05) is 6.07 Å². The summed E-state index contributed by atoms with van der Waals surface area (Å²) >= 11 is 3.68. The second kappa shape index (κ2) is 4.74. The van der Waals surface area contributed by atoms with Crippen LogP contribution in [0.4, 0.5) is 0 Å². The van der Waals surface area contributed by atoms with Gasteiger partial charge in [-0.2, -0.15) is 0 Å². The number of rotatable bonds is 2. The van der Waals surface area contributed by atoms with E-state index in [1.54, 1.807) is 0 Å². The Labute approximate surface area is 116 Å². The van der Waals surface area contributed by atoms with E-state index in [2.05, 4.69) is 22.0 Å². The van der Waals surface area contributed by atoms with E-state index < -0.39 is 0 Å². The standard InChI is InChI=1S/C14H18BrNO2/c15-12-10(4-5-11-13(12)18-9-17-11)14(8-16)6-2-1-3-7-14/h4-5H,1-3,6-9,16H2. The summed E-state index contributed by atoms with van der Waals surface area (Å²) in [6, 6.07) is 4.16. The van der Waals surface area contributed by atoms with Crippen molar-refractivity contribution >= 4 is 15.9 Å². The lowest BCUT2D eigenvalue weighted by molar-refractivity contribution is 0.173. The third kappa shape index (κ3) is 1.82.